The zero-order valence-corrected chi connectivity index (χ0v) is 15.2. The van der Waals surface area contributed by atoms with Crippen LogP contribution in [-0.2, 0) is 19.1 Å². The van der Waals surface area contributed by atoms with Gasteiger partial charge < -0.3 is 14.6 Å². The number of esters is 1. The molecule has 1 unspecified atom stereocenters. The molecular weight excluding hydrogens is 344 g/mol. The van der Waals surface area contributed by atoms with Crippen LogP contribution in [0.1, 0.15) is 18.9 Å². The highest BCUT2D eigenvalue weighted by molar-refractivity contribution is 6.32. The number of epoxide rings is 1. The molecule has 1 N–H and O–H groups in total. The van der Waals surface area contributed by atoms with E-state index in [4.69, 9.17) is 21.4 Å². The fraction of sp³-hybridized carbons (Fsp3) is 0.263. The van der Waals surface area contributed by atoms with Crippen molar-refractivity contribution >= 4 is 29.6 Å². The van der Waals surface area contributed by atoms with Gasteiger partial charge in [0.2, 0.25) is 0 Å². The first-order valence-electron chi connectivity index (χ1n) is 7.36. The second-order valence-corrected chi connectivity index (χ2v) is 5.47. The average molecular weight is 367 g/mol. The Kier molecular flexibility index (Phi) is 10.9. The van der Waals surface area contributed by atoms with Crippen LogP contribution in [0.5, 0.6) is 0 Å². The molecule has 0 spiro atoms. The third-order valence-corrected chi connectivity index (χ3v) is 3.18. The van der Waals surface area contributed by atoms with Gasteiger partial charge >= 0.3 is 11.9 Å². The van der Waals surface area contributed by atoms with Crippen molar-refractivity contribution in [2.45, 2.75) is 19.4 Å². The van der Waals surface area contributed by atoms with Crippen molar-refractivity contribution in [1.82, 2.24) is 0 Å². The maximum atomic E-state index is 10.7. The molecule has 2 rings (SSSR count). The third kappa shape index (κ3) is 10.9. The number of ether oxygens (including phenoxy) is 2. The summed E-state index contributed by atoms with van der Waals surface area (Å²) in [6.45, 7) is 12.5. The van der Waals surface area contributed by atoms with E-state index in [1.807, 2.05) is 24.3 Å². The standard InChI is InChI=1S/C8H7Cl.C7H10O3.C4H6O2/c1-2-7-5-3-4-6-8(7)9;1-5(7(8)9-2)3-6-4-10-6;1-3(2)4(5)6/h2-6H,1H2;6H,1,3-4H2,2H3;1H2,2H3,(H,5,6). The minimum Gasteiger partial charge on any atom is -0.478 e. The predicted molar refractivity (Wildman–Crippen MR) is 99.5 cm³/mol. The van der Waals surface area contributed by atoms with Gasteiger partial charge in [-0.3, -0.25) is 0 Å². The van der Waals surface area contributed by atoms with Gasteiger partial charge in [-0.05, 0) is 18.6 Å². The Morgan fingerprint density at radius 3 is 2.24 bits per heavy atom. The molecular formula is C19H23ClO5. The lowest BCUT2D eigenvalue weighted by molar-refractivity contribution is -0.136. The van der Waals surface area contributed by atoms with Crippen LogP contribution in [0.3, 0.4) is 0 Å². The van der Waals surface area contributed by atoms with E-state index in [0.29, 0.717) is 12.0 Å². The first kappa shape index (κ1) is 22.6. The fourth-order valence-electron chi connectivity index (χ4n) is 1.33. The number of carbonyl (C=O) groups excluding carboxylic acids is 1. The molecule has 136 valence electrons. The summed E-state index contributed by atoms with van der Waals surface area (Å²) < 4.78 is 9.35. The van der Waals surface area contributed by atoms with E-state index < -0.39 is 5.97 Å². The minimum absolute atomic E-state index is 0.176. The highest BCUT2D eigenvalue weighted by Crippen LogP contribution is 2.18. The van der Waals surface area contributed by atoms with Gasteiger partial charge in [0, 0.05) is 22.6 Å². The number of benzene rings is 1. The summed E-state index contributed by atoms with van der Waals surface area (Å²) in [6.07, 6.45) is 2.56. The molecule has 1 saturated heterocycles. The molecule has 5 nitrogen and oxygen atoms in total. The molecule has 0 saturated carbocycles. The van der Waals surface area contributed by atoms with Crippen LogP contribution in [0, 0.1) is 0 Å². The second kappa shape index (κ2) is 12.1. The summed E-state index contributed by atoms with van der Waals surface area (Å²) in [5.41, 5.74) is 1.65. The van der Waals surface area contributed by atoms with Gasteiger partial charge in [0.1, 0.15) is 0 Å². The van der Waals surface area contributed by atoms with Crippen molar-refractivity contribution in [2.75, 3.05) is 13.7 Å². The normalized spacial score (nSPS) is 13.8. The largest absolute Gasteiger partial charge is 0.478 e. The molecule has 1 aromatic carbocycles. The van der Waals surface area contributed by atoms with Crippen molar-refractivity contribution < 1.29 is 24.2 Å². The van der Waals surface area contributed by atoms with E-state index >= 15 is 0 Å². The summed E-state index contributed by atoms with van der Waals surface area (Å²) >= 11 is 5.75. The molecule has 1 aromatic rings. The van der Waals surface area contributed by atoms with E-state index in [1.54, 1.807) is 6.08 Å². The summed E-state index contributed by atoms with van der Waals surface area (Å²) in [6, 6.07) is 7.60. The number of carboxylic acid groups (broad SMARTS) is 1. The lowest BCUT2D eigenvalue weighted by atomic mass is 10.2. The number of hydrogen-bond acceptors (Lipinski definition) is 4. The maximum absolute atomic E-state index is 10.7. The molecule has 0 bridgehead atoms. The number of rotatable bonds is 5. The van der Waals surface area contributed by atoms with Crippen LogP contribution in [-0.4, -0.2) is 36.9 Å². The van der Waals surface area contributed by atoms with Gasteiger partial charge in [-0.1, -0.05) is 55.6 Å². The summed E-state index contributed by atoms with van der Waals surface area (Å²) in [4.78, 5) is 20.3. The highest BCUT2D eigenvalue weighted by Gasteiger charge is 2.25. The molecule has 1 aliphatic heterocycles. The van der Waals surface area contributed by atoms with Crippen molar-refractivity contribution in [3.63, 3.8) is 0 Å². The van der Waals surface area contributed by atoms with Crippen LogP contribution in [0.2, 0.25) is 5.02 Å². The topological polar surface area (TPSA) is 76.1 Å². The van der Waals surface area contributed by atoms with E-state index in [-0.39, 0.29) is 17.6 Å². The van der Waals surface area contributed by atoms with E-state index in [9.17, 15) is 9.59 Å². The maximum Gasteiger partial charge on any atom is 0.333 e. The second-order valence-electron chi connectivity index (χ2n) is 5.07. The van der Waals surface area contributed by atoms with Gasteiger partial charge in [-0.2, -0.15) is 0 Å². The van der Waals surface area contributed by atoms with Crippen molar-refractivity contribution in [1.29, 1.82) is 0 Å². The van der Waals surface area contributed by atoms with Crippen LogP contribution < -0.4 is 0 Å². The zero-order chi connectivity index (χ0) is 19.4. The lowest BCUT2D eigenvalue weighted by Crippen LogP contribution is -2.05. The third-order valence-electron chi connectivity index (χ3n) is 2.84. The quantitative estimate of drug-likeness (QED) is 0.481. The molecule has 1 heterocycles. The number of methoxy groups -OCH3 is 1. The van der Waals surface area contributed by atoms with Crippen molar-refractivity contribution in [2.24, 2.45) is 0 Å². The first-order valence-corrected chi connectivity index (χ1v) is 7.74. The number of aliphatic carboxylic acids is 1. The number of carboxylic acids is 1. The molecule has 0 radical (unpaired) electrons. The smallest absolute Gasteiger partial charge is 0.333 e. The van der Waals surface area contributed by atoms with Gasteiger partial charge in [-0.25, -0.2) is 9.59 Å². The molecule has 1 aliphatic rings. The minimum atomic E-state index is -0.935. The SMILES string of the molecule is C=C(C)C(=O)O.C=C(CC1CO1)C(=O)OC.C=Cc1ccccc1Cl. The Hall–Kier alpha value is -2.37. The van der Waals surface area contributed by atoms with Gasteiger partial charge in [0.05, 0.1) is 19.8 Å². The summed E-state index contributed by atoms with van der Waals surface area (Å²) in [5.74, 6) is -1.27. The Bertz CT molecular complexity index is 620. The molecule has 1 fully saturated rings. The molecule has 0 amide bonds. The Balaban J connectivity index is 0.000000358. The molecule has 6 heteroatoms. The van der Waals surface area contributed by atoms with E-state index in [0.717, 1.165) is 17.2 Å². The van der Waals surface area contributed by atoms with E-state index in [2.05, 4.69) is 24.5 Å². The van der Waals surface area contributed by atoms with Crippen LogP contribution in [0.4, 0.5) is 0 Å². The first-order chi connectivity index (χ1) is 11.7. The van der Waals surface area contributed by atoms with E-state index in [1.165, 1.54) is 14.0 Å². The van der Waals surface area contributed by atoms with Crippen molar-refractivity contribution in [3.8, 4) is 0 Å². The van der Waals surface area contributed by atoms with Crippen molar-refractivity contribution in [3.05, 3.63) is 65.7 Å². The Morgan fingerprint density at radius 1 is 1.40 bits per heavy atom. The Morgan fingerprint density at radius 2 is 1.92 bits per heavy atom. The van der Waals surface area contributed by atoms with Crippen LogP contribution in [0.15, 0.2) is 55.1 Å². The van der Waals surface area contributed by atoms with Gasteiger partial charge in [0.25, 0.3) is 0 Å². The molecule has 1 atom stereocenters. The Labute approximate surface area is 153 Å². The summed E-state index contributed by atoms with van der Waals surface area (Å²) in [5, 5.41) is 8.65. The molecule has 25 heavy (non-hydrogen) atoms. The van der Waals surface area contributed by atoms with Gasteiger partial charge in [0.15, 0.2) is 0 Å². The monoisotopic (exact) mass is 366 g/mol. The lowest BCUT2D eigenvalue weighted by Gasteiger charge is -1.98. The zero-order valence-electron chi connectivity index (χ0n) is 14.5. The average Bonchev–Trinajstić information content (AvgIpc) is 3.39. The number of carbonyl (C=O) groups is 2. The predicted octanol–water partition coefficient (Wildman–Crippen LogP) is 4.13. The number of hydrogen-bond donors (Lipinski definition) is 1. The number of halogens is 1. The van der Waals surface area contributed by atoms with Gasteiger partial charge in [-0.15, -0.1) is 0 Å². The highest BCUT2D eigenvalue weighted by atomic mass is 35.5. The fourth-order valence-corrected chi connectivity index (χ4v) is 1.54. The molecule has 0 aliphatic carbocycles. The van der Waals surface area contributed by atoms with Crippen LogP contribution >= 0.6 is 11.6 Å². The van der Waals surface area contributed by atoms with Crippen LogP contribution in [0.25, 0.3) is 6.08 Å². The summed E-state index contributed by atoms with van der Waals surface area (Å²) in [7, 11) is 1.35. The molecule has 0 aromatic heterocycles.